The van der Waals surface area contributed by atoms with E-state index in [1.807, 2.05) is 20.8 Å². The maximum atomic E-state index is 12.3. The summed E-state index contributed by atoms with van der Waals surface area (Å²) >= 11 is 0. The molecule has 0 radical (unpaired) electrons. The standard InChI is InChI=1S/C18H30N4O3/c1-18(2,3)17-20-11-14(16(24)21-17)15(23)19-10-13-6-8-22(12-13)7-5-9-25-4/h11,13H,5-10,12H2,1-4H3,(H,19,23)(H,20,21,24)/t13-/m0/s1. The lowest BCUT2D eigenvalue weighted by Gasteiger charge is -2.17. The normalized spacial score (nSPS) is 18.5. The quantitative estimate of drug-likeness (QED) is 0.721. The van der Waals surface area contributed by atoms with Crippen molar-refractivity contribution in [3.05, 3.63) is 27.9 Å². The number of aromatic amines is 1. The van der Waals surface area contributed by atoms with Crippen molar-refractivity contribution in [2.45, 2.75) is 39.0 Å². The fourth-order valence-electron chi connectivity index (χ4n) is 2.99. The molecule has 1 aromatic heterocycles. The van der Waals surface area contributed by atoms with Gasteiger partial charge in [0.1, 0.15) is 11.4 Å². The van der Waals surface area contributed by atoms with E-state index in [0.29, 0.717) is 18.3 Å². The van der Waals surface area contributed by atoms with E-state index >= 15 is 0 Å². The topological polar surface area (TPSA) is 87.3 Å². The molecule has 0 bridgehead atoms. The molecule has 25 heavy (non-hydrogen) atoms. The monoisotopic (exact) mass is 350 g/mol. The number of carbonyl (C=O) groups is 1. The van der Waals surface area contributed by atoms with Crippen molar-refractivity contribution >= 4 is 5.91 Å². The van der Waals surface area contributed by atoms with Crippen LogP contribution >= 0.6 is 0 Å². The van der Waals surface area contributed by atoms with Gasteiger partial charge in [-0.1, -0.05) is 20.8 Å². The number of nitrogens with one attached hydrogen (secondary N) is 2. The van der Waals surface area contributed by atoms with Crippen molar-refractivity contribution in [1.82, 2.24) is 20.2 Å². The second-order valence-electron chi connectivity index (χ2n) is 7.74. The predicted molar refractivity (Wildman–Crippen MR) is 96.9 cm³/mol. The molecule has 1 aliphatic heterocycles. The van der Waals surface area contributed by atoms with Crippen LogP contribution in [0.1, 0.15) is 49.8 Å². The van der Waals surface area contributed by atoms with Gasteiger partial charge in [-0.05, 0) is 25.3 Å². The lowest BCUT2D eigenvalue weighted by Crippen LogP contribution is -2.35. The predicted octanol–water partition coefficient (Wildman–Crippen LogP) is 1.16. The molecule has 140 valence electrons. The minimum absolute atomic E-state index is 0.0722. The van der Waals surface area contributed by atoms with Crippen LogP contribution < -0.4 is 10.9 Å². The van der Waals surface area contributed by atoms with Crippen molar-refractivity contribution < 1.29 is 9.53 Å². The van der Waals surface area contributed by atoms with E-state index < -0.39 is 0 Å². The molecule has 2 rings (SSSR count). The smallest absolute Gasteiger partial charge is 0.263 e. The number of likely N-dealkylation sites (tertiary alicyclic amines) is 1. The Morgan fingerprint density at radius 1 is 1.48 bits per heavy atom. The molecule has 2 heterocycles. The first-order chi connectivity index (χ1) is 11.8. The summed E-state index contributed by atoms with van der Waals surface area (Å²) in [7, 11) is 1.72. The highest BCUT2D eigenvalue weighted by Crippen LogP contribution is 2.17. The van der Waals surface area contributed by atoms with Crippen molar-refractivity contribution in [3.63, 3.8) is 0 Å². The SMILES string of the molecule is COCCCN1CC[C@@H](CNC(=O)c2cnc(C(C)(C)C)[nH]c2=O)C1. The van der Waals surface area contributed by atoms with Gasteiger partial charge < -0.3 is 19.9 Å². The largest absolute Gasteiger partial charge is 0.385 e. The lowest BCUT2D eigenvalue weighted by molar-refractivity contribution is 0.0945. The molecule has 2 N–H and O–H groups in total. The van der Waals surface area contributed by atoms with Crippen molar-refractivity contribution in [2.24, 2.45) is 5.92 Å². The Hall–Kier alpha value is -1.73. The Balaban J connectivity index is 1.84. The molecule has 1 aromatic rings. The van der Waals surface area contributed by atoms with Gasteiger partial charge in [0.2, 0.25) is 0 Å². The molecule has 0 unspecified atom stereocenters. The highest BCUT2D eigenvalue weighted by atomic mass is 16.5. The van der Waals surface area contributed by atoms with Gasteiger partial charge in [-0.25, -0.2) is 4.98 Å². The number of hydrogen-bond acceptors (Lipinski definition) is 5. The van der Waals surface area contributed by atoms with Crippen LogP contribution in [0.5, 0.6) is 0 Å². The molecule has 0 aromatic carbocycles. The number of carbonyl (C=O) groups excluding carboxylic acids is 1. The van der Waals surface area contributed by atoms with Crippen LogP contribution in [0.4, 0.5) is 0 Å². The summed E-state index contributed by atoms with van der Waals surface area (Å²) in [4.78, 5) is 33.8. The molecule has 7 nitrogen and oxygen atoms in total. The molecule has 1 saturated heterocycles. The van der Waals surface area contributed by atoms with Gasteiger partial charge in [0.15, 0.2) is 0 Å². The van der Waals surface area contributed by atoms with E-state index in [0.717, 1.165) is 39.1 Å². The molecule has 0 saturated carbocycles. The second-order valence-corrected chi connectivity index (χ2v) is 7.74. The second kappa shape index (κ2) is 8.58. The first-order valence-corrected chi connectivity index (χ1v) is 8.90. The number of nitrogens with zero attached hydrogens (tertiary/aromatic N) is 2. The molecular formula is C18H30N4O3. The maximum absolute atomic E-state index is 12.3. The molecule has 1 aliphatic rings. The van der Waals surface area contributed by atoms with Gasteiger partial charge in [0.25, 0.3) is 11.5 Å². The van der Waals surface area contributed by atoms with Gasteiger partial charge in [0, 0.05) is 45.0 Å². The Kier molecular flexibility index (Phi) is 6.72. The van der Waals surface area contributed by atoms with Crippen LogP contribution in [0.25, 0.3) is 0 Å². The van der Waals surface area contributed by atoms with Gasteiger partial charge in [-0.2, -0.15) is 0 Å². The van der Waals surface area contributed by atoms with Crippen LogP contribution in [0.2, 0.25) is 0 Å². The van der Waals surface area contributed by atoms with Crippen LogP contribution in [-0.2, 0) is 10.2 Å². The van der Waals surface area contributed by atoms with E-state index in [-0.39, 0.29) is 22.4 Å². The zero-order chi connectivity index (χ0) is 18.4. The summed E-state index contributed by atoms with van der Waals surface area (Å²) in [5, 5.41) is 2.88. The van der Waals surface area contributed by atoms with Crippen LogP contribution in [0.15, 0.2) is 11.0 Å². The minimum Gasteiger partial charge on any atom is -0.385 e. The number of amides is 1. The Morgan fingerprint density at radius 3 is 2.88 bits per heavy atom. The molecule has 1 atom stereocenters. The fraction of sp³-hybridized carbons (Fsp3) is 0.722. The Morgan fingerprint density at radius 2 is 2.24 bits per heavy atom. The zero-order valence-corrected chi connectivity index (χ0v) is 15.7. The third kappa shape index (κ3) is 5.64. The molecule has 7 heteroatoms. The number of H-pyrrole nitrogens is 1. The number of rotatable bonds is 7. The Labute approximate surface area is 149 Å². The number of methoxy groups -OCH3 is 1. The van der Waals surface area contributed by atoms with Crippen molar-refractivity contribution in [2.75, 3.05) is 39.9 Å². The fourth-order valence-corrected chi connectivity index (χ4v) is 2.99. The highest BCUT2D eigenvalue weighted by molar-refractivity contribution is 5.93. The number of hydrogen-bond donors (Lipinski definition) is 2. The highest BCUT2D eigenvalue weighted by Gasteiger charge is 2.23. The Bertz CT molecular complexity index is 636. The summed E-state index contributed by atoms with van der Waals surface area (Å²) in [5.41, 5.74) is -0.572. The summed E-state index contributed by atoms with van der Waals surface area (Å²) in [6.07, 6.45) is 3.46. The van der Waals surface area contributed by atoms with E-state index in [2.05, 4.69) is 20.2 Å². The van der Waals surface area contributed by atoms with Gasteiger partial charge in [-0.15, -0.1) is 0 Å². The molecule has 1 fully saturated rings. The summed E-state index contributed by atoms with van der Waals surface area (Å²) in [5.74, 6) is 0.649. The zero-order valence-electron chi connectivity index (χ0n) is 15.7. The first-order valence-electron chi connectivity index (χ1n) is 8.90. The van der Waals surface area contributed by atoms with E-state index in [1.54, 1.807) is 7.11 Å². The van der Waals surface area contributed by atoms with Gasteiger partial charge >= 0.3 is 0 Å². The molecule has 0 spiro atoms. The number of aromatic nitrogens is 2. The molecule has 0 aliphatic carbocycles. The van der Waals surface area contributed by atoms with E-state index in [4.69, 9.17) is 4.74 Å². The molecular weight excluding hydrogens is 320 g/mol. The average Bonchev–Trinajstić information content (AvgIpc) is 3.00. The summed E-state index contributed by atoms with van der Waals surface area (Å²) < 4.78 is 5.07. The minimum atomic E-state index is -0.384. The van der Waals surface area contributed by atoms with Gasteiger partial charge in [-0.3, -0.25) is 9.59 Å². The lowest BCUT2D eigenvalue weighted by atomic mass is 9.96. The molecule has 1 amide bonds. The third-order valence-electron chi connectivity index (χ3n) is 4.50. The van der Waals surface area contributed by atoms with E-state index in [9.17, 15) is 9.59 Å². The maximum Gasteiger partial charge on any atom is 0.263 e. The summed E-state index contributed by atoms with van der Waals surface area (Å²) in [6, 6.07) is 0. The first kappa shape index (κ1) is 19.6. The van der Waals surface area contributed by atoms with Crippen molar-refractivity contribution in [1.29, 1.82) is 0 Å². The van der Waals surface area contributed by atoms with Gasteiger partial charge in [0.05, 0.1) is 0 Å². The number of ether oxygens (including phenoxy) is 1. The van der Waals surface area contributed by atoms with E-state index in [1.165, 1.54) is 6.20 Å². The third-order valence-corrected chi connectivity index (χ3v) is 4.50. The van der Waals surface area contributed by atoms with Crippen LogP contribution in [0.3, 0.4) is 0 Å². The van der Waals surface area contributed by atoms with Crippen LogP contribution in [0, 0.1) is 5.92 Å². The van der Waals surface area contributed by atoms with Crippen LogP contribution in [-0.4, -0.2) is 60.7 Å². The average molecular weight is 350 g/mol. The summed E-state index contributed by atoms with van der Waals surface area (Å²) in [6.45, 7) is 10.3. The van der Waals surface area contributed by atoms with Crippen molar-refractivity contribution in [3.8, 4) is 0 Å².